The van der Waals surface area contributed by atoms with E-state index in [2.05, 4.69) is 9.97 Å². The zero-order chi connectivity index (χ0) is 7.78. The molecule has 0 aliphatic heterocycles. The second kappa shape index (κ2) is 8.81. The number of hydrogen-bond acceptors (Lipinski definition) is 1. The molecular weight excluding hydrogens is 295 g/mol. The molecule has 2 aromatic heterocycles. The summed E-state index contributed by atoms with van der Waals surface area (Å²) in [6, 6.07) is 9.60. The standard InChI is InChI=1S/C5H5N.C4H5N.Tb/c1-2-4-6-5-3-1;1-2-4-5-3-1;/h1-5H;1-5H;. The molecule has 1 radical (unpaired) electrons. The molecule has 2 aromatic rings. The van der Waals surface area contributed by atoms with Gasteiger partial charge in [0.2, 0.25) is 0 Å². The van der Waals surface area contributed by atoms with Crippen LogP contribution in [0.3, 0.4) is 0 Å². The number of aromatic nitrogens is 2. The Kier molecular flexibility index (Phi) is 8.60. The Hall–Kier alpha value is -0.284. The van der Waals surface area contributed by atoms with E-state index in [1.165, 1.54) is 0 Å². The van der Waals surface area contributed by atoms with Gasteiger partial charge in [-0.05, 0) is 24.3 Å². The first-order chi connectivity index (χ1) is 5.50. The van der Waals surface area contributed by atoms with Crippen molar-refractivity contribution in [2.24, 2.45) is 0 Å². The summed E-state index contributed by atoms with van der Waals surface area (Å²) in [4.78, 5) is 6.65. The van der Waals surface area contributed by atoms with Gasteiger partial charge in [0.25, 0.3) is 0 Å². The molecule has 2 heterocycles. The average Bonchev–Trinajstić information content (AvgIpc) is 2.64. The van der Waals surface area contributed by atoms with Crippen LogP contribution < -0.4 is 0 Å². The first-order valence-electron chi connectivity index (χ1n) is 3.43. The molecule has 2 rings (SSSR count). The van der Waals surface area contributed by atoms with Crippen LogP contribution in [0.15, 0.2) is 55.1 Å². The fraction of sp³-hybridized carbons (Fsp3) is 0. The van der Waals surface area contributed by atoms with Crippen molar-refractivity contribution in [1.29, 1.82) is 0 Å². The van der Waals surface area contributed by atoms with Crippen LogP contribution in [-0.2, 0) is 0 Å². The Morgan fingerprint density at radius 1 is 0.750 bits per heavy atom. The zero-order valence-electron chi connectivity index (χ0n) is 6.48. The Labute approximate surface area is 103 Å². The molecular formula is C9H10N2Tb. The number of pyridine rings is 1. The Morgan fingerprint density at radius 3 is 1.50 bits per heavy atom. The topological polar surface area (TPSA) is 28.7 Å². The van der Waals surface area contributed by atoms with Crippen molar-refractivity contribution in [3.8, 4) is 0 Å². The van der Waals surface area contributed by atoms with Gasteiger partial charge in [0, 0.05) is 63.4 Å². The number of aromatic amines is 1. The predicted octanol–water partition coefficient (Wildman–Crippen LogP) is 2.10. The van der Waals surface area contributed by atoms with Crippen LogP contribution in [-0.4, -0.2) is 9.97 Å². The molecule has 1 N–H and O–H groups in total. The predicted molar refractivity (Wildman–Crippen MR) is 45.0 cm³/mol. The Morgan fingerprint density at radius 2 is 1.33 bits per heavy atom. The molecule has 0 atom stereocenters. The summed E-state index contributed by atoms with van der Waals surface area (Å²) in [5, 5.41) is 0. The number of H-pyrrole nitrogens is 1. The van der Waals surface area contributed by atoms with Crippen molar-refractivity contribution in [2.75, 3.05) is 0 Å². The zero-order valence-corrected chi connectivity index (χ0v) is 8.62. The maximum absolute atomic E-state index is 3.78. The van der Waals surface area contributed by atoms with Gasteiger partial charge >= 0.3 is 0 Å². The average molecular weight is 305 g/mol. The summed E-state index contributed by atoms with van der Waals surface area (Å²) in [5.74, 6) is 0. The molecule has 0 unspecified atom stereocenters. The van der Waals surface area contributed by atoms with Crippen LogP contribution in [0.1, 0.15) is 0 Å². The third-order valence-corrected chi connectivity index (χ3v) is 1.06. The van der Waals surface area contributed by atoms with Crippen molar-refractivity contribution in [1.82, 2.24) is 9.97 Å². The first kappa shape index (κ1) is 11.7. The second-order valence-corrected chi connectivity index (χ2v) is 1.91. The molecule has 0 spiro atoms. The van der Waals surface area contributed by atoms with Gasteiger partial charge in [-0.1, -0.05) is 6.07 Å². The van der Waals surface area contributed by atoms with E-state index in [4.69, 9.17) is 0 Å². The minimum Gasteiger partial charge on any atom is -0.368 e. The van der Waals surface area contributed by atoms with Gasteiger partial charge in [0.05, 0.1) is 0 Å². The van der Waals surface area contributed by atoms with Gasteiger partial charge in [-0.3, -0.25) is 4.98 Å². The summed E-state index contributed by atoms with van der Waals surface area (Å²) >= 11 is 0. The van der Waals surface area contributed by atoms with E-state index in [9.17, 15) is 0 Å². The van der Waals surface area contributed by atoms with Gasteiger partial charge in [-0.25, -0.2) is 0 Å². The summed E-state index contributed by atoms with van der Waals surface area (Å²) in [6.45, 7) is 0. The minimum atomic E-state index is 0. The minimum absolute atomic E-state index is 0. The number of nitrogens with one attached hydrogen (secondary N) is 1. The first-order valence-corrected chi connectivity index (χ1v) is 3.43. The fourth-order valence-electron chi connectivity index (χ4n) is 0.590. The van der Waals surface area contributed by atoms with Gasteiger partial charge in [-0.2, -0.15) is 0 Å². The van der Waals surface area contributed by atoms with Crippen LogP contribution in [0.25, 0.3) is 0 Å². The van der Waals surface area contributed by atoms with Gasteiger partial charge in [0.15, 0.2) is 0 Å². The van der Waals surface area contributed by atoms with Crippen LogP contribution in [0.5, 0.6) is 0 Å². The van der Waals surface area contributed by atoms with Crippen LogP contribution >= 0.6 is 0 Å². The summed E-state index contributed by atoms with van der Waals surface area (Å²) in [7, 11) is 0. The van der Waals surface area contributed by atoms with E-state index in [0.29, 0.717) is 0 Å². The van der Waals surface area contributed by atoms with E-state index in [-0.39, 0.29) is 38.6 Å². The molecule has 0 aliphatic rings. The SMILES string of the molecule is [Tb].c1cc[nH]c1.c1ccncc1. The molecule has 0 saturated heterocycles. The van der Waals surface area contributed by atoms with E-state index in [1.807, 2.05) is 42.7 Å². The van der Waals surface area contributed by atoms with Crippen LogP contribution in [0.4, 0.5) is 0 Å². The fourth-order valence-corrected chi connectivity index (χ4v) is 0.590. The molecule has 12 heavy (non-hydrogen) atoms. The van der Waals surface area contributed by atoms with Gasteiger partial charge in [-0.15, -0.1) is 0 Å². The van der Waals surface area contributed by atoms with Crippen molar-refractivity contribution >= 4 is 0 Å². The maximum atomic E-state index is 3.78. The molecule has 65 valence electrons. The second-order valence-electron chi connectivity index (χ2n) is 1.91. The van der Waals surface area contributed by atoms with E-state index >= 15 is 0 Å². The van der Waals surface area contributed by atoms with Gasteiger partial charge < -0.3 is 4.98 Å². The molecule has 0 fully saturated rings. The quantitative estimate of drug-likeness (QED) is 0.793. The van der Waals surface area contributed by atoms with Crippen molar-refractivity contribution < 1.29 is 38.6 Å². The molecule has 0 amide bonds. The van der Waals surface area contributed by atoms with E-state index < -0.39 is 0 Å². The van der Waals surface area contributed by atoms with Crippen molar-refractivity contribution in [2.45, 2.75) is 0 Å². The molecule has 0 bridgehead atoms. The largest absolute Gasteiger partial charge is 0.368 e. The third-order valence-electron chi connectivity index (χ3n) is 1.06. The maximum Gasteiger partial charge on any atom is 0.0267 e. The number of hydrogen-bond donors (Lipinski definition) is 1. The summed E-state index contributed by atoms with van der Waals surface area (Å²) in [6.07, 6.45) is 7.25. The molecule has 2 nitrogen and oxygen atoms in total. The van der Waals surface area contributed by atoms with E-state index in [1.54, 1.807) is 12.4 Å². The third kappa shape index (κ3) is 6.43. The van der Waals surface area contributed by atoms with Gasteiger partial charge in [0.1, 0.15) is 0 Å². The summed E-state index contributed by atoms with van der Waals surface area (Å²) in [5.41, 5.74) is 0. The smallest absolute Gasteiger partial charge is 0.0267 e. The van der Waals surface area contributed by atoms with E-state index in [0.717, 1.165) is 0 Å². The Bertz CT molecular complexity index is 198. The normalized spacial score (nSPS) is 7.33. The molecule has 0 saturated carbocycles. The van der Waals surface area contributed by atoms with Crippen LogP contribution in [0.2, 0.25) is 0 Å². The van der Waals surface area contributed by atoms with Crippen molar-refractivity contribution in [3.05, 3.63) is 55.1 Å². The summed E-state index contributed by atoms with van der Waals surface area (Å²) < 4.78 is 0. The Balaban J connectivity index is 0.000000189. The molecule has 0 aromatic carbocycles. The monoisotopic (exact) mass is 305 g/mol. The number of nitrogens with zero attached hydrogens (tertiary/aromatic N) is 1. The molecule has 3 heteroatoms. The number of rotatable bonds is 0. The van der Waals surface area contributed by atoms with Crippen LogP contribution in [0, 0.1) is 38.6 Å². The molecule has 0 aliphatic carbocycles. The van der Waals surface area contributed by atoms with Crippen molar-refractivity contribution in [3.63, 3.8) is 0 Å².